The molecule has 2 nitrogen and oxygen atoms in total. The molecule has 4 rings (SSSR count). The molecule has 0 heterocycles. The van der Waals surface area contributed by atoms with Crippen LogP contribution in [0.5, 0.6) is 0 Å². The summed E-state index contributed by atoms with van der Waals surface area (Å²) >= 11 is 0. The maximum atomic E-state index is 12.8. The Morgan fingerprint density at radius 2 is 1.47 bits per heavy atom. The summed E-state index contributed by atoms with van der Waals surface area (Å²) in [5.74, 6) is 3.10. The maximum absolute atomic E-state index is 12.8. The maximum Gasteiger partial charge on any atom is 0.228 e. The summed E-state index contributed by atoms with van der Waals surface area (Å²) in [7, 11) is 0. The van der Waals surface area contributed by atoms with Gasteiger partial charge in [-0.15, -0.1) is 0 Å². The molecule has 0 saturated heterocycles. The number of carbonyl (C=O) groups is 1. The summed E-state index contributed by atoms with van der Waals surface area (Å²) in [6, 6.07) is 0. The Labute approximate surface area is 117 Å². The molecule has 19 heavy (non-hydrogen) atoms. The topological polar surface area (TPSA) is 20.3 Å². The van der Waals surface area contributed by atoms with Gasteiger partial charge in [-0.2, -0.15) is 0 Å². The lowest BCUT2D eigenvalue weighted by Gasteiger charge is -2.61. The summed E-state index contributed by atoms with van der Waals surface area (Å²) in [6.45, 7) is 9.26. The van der Waals surface area contributed by atoms with E-state index in [0.717, 1.165) is 24.3 Å². The van der Waals surface area contributed by atoms with Crippen molar-refractivity contribution in [3.63, 3.8) is 0 Å². The van der Waals surface area contributed by atoms with Gasteiger partial charge in [-0.1, -0.05) is 20.8 Å². The molecule has 4 bridgehead atoms. The third-order valence-electron chi connectivity index (χ3n) is 5.78. The second-order valence-electron chi connectivity index (χ2n) is 8.44. The highest BCUT2D eigenvalue weighted by atomic mass is 16.2. The van der Waals surface area contributed by atoms with Gasteiger partial charge in [0, 0.05) is 17.5 Å². The van der Waals surface area contributed by atoms with E-state index in [1.165, 1.54) is 38.5 Å². The fraction of sp³-hybridized carbons (Fsp3) is 0.941. The van der Waals surface area contributed by atoms with Crippen molar-refractivity contribution in [1.82, 2.24) is 4.90 Å². The number of carbonyl (C=O) groups excluding carboxylic acids is 1. The molecule has 0 aromatic rings. The smallest absolute Gasteiger partial charge is 0.228 e. The molecule has 4 saturated carbocycles. The summed E-state index contributed by atoms with van der Waals surface area (Å²) in [5.41, 5.74) is -0.00674. The first-order chi connectivity index (χ1) is 8.84. The van der Waals surface area contributed by atoms with Crippen LogP contribution < -0.4 is 0 Å². The first-order valence-electron chi connectivity index (χ1n) is 8.16. The normalized spacial score (nSPS) is 40.5. The molecular weight excluding hydrogens is 234 g/mol. The molecule has 0 atom stereocenters. The fourth-order valence-electron chi connectivity index (χ4n) is 5.49. The minimum Gasteiger partial charge on any atom is -0.337 e. The largest absolute Gasteiger partial charge is 0.337 e. The van der Waals surface area contributed by atoms with Crippen LogP contribution in [0.2, 0.25) is 0 Å². The Morgan fingerprint density at radius 1 is 1.05 bits per heavy atom. The second kappa shape index (κ2) is 4.23. The lowest BCUT2D eigenvalue weighted by Crippen LogP contribution is -2.63. The molecule has 0 aliphatic heterocycles. The van der Waals surface area contributed by atoms with E-state index in [0.29, 0.717) is 5.91 Å². The van der Waals surface area contributed by atoms with Gasteiger partial charge in [0.05, 0.1) is 0 Å². The standard InChI is InChI=1S/C17H29NO/c1-5-18(15(19)16(2,3)4)17-9-12-6-13(10-17)8-14(7-12)11-17/h12-14H,5-11H2,1-4H3. The van der Waals surface area contributed by atoms with E-state index in [4.69, 9.17) is 0 Å². The van der Waals surface area contributed by atoms with Gasteiger partial charge in [0.15, 0.2) is 0 Å². The molecule has 108 valence electrons. The number of nitrogens with zero attached hydrogens (tertiary/aromatic N) is 1. The highest BCUT2D eigenvalue weighted by Gasteiger charge is 2.55. The van der Waals surface area contributed by atoms with Gasteiger partial charge in [0.1, 0.15) is 0 Å². The van der Waals surface area contributed by atoms with Gasteiger partial charge in [-0.3, -0.25) is 4.79 Å². The van der Waals surface area contributed by atoms with Crippen molar-refractivity contribution >= 4 is 5.91 Å². The Kier molecular flexibility index (Phi) is 3.00. The molecule has 0 spiro atoms. The van der Waals surface area contributed by atoms with Gasteiger partial charge in [-0.05, 0) is 63.2 Å². The zero-order valence-corrected chi connectivity index (χ0v) is 13.0. The number of rotatable bonds is 2. The molecule has 4 aliphatic carbocycles. The predicted octanol–water partition coefficient (Wildman–Crippen LogP) is 3.85. The monoisotopic (exact) mass is 263 g/mol. The third kappa shape index (κ3) is 2.11. The van der Waals surface area contributed by atoms with Crippen LogP contribution in [0.1, 0.15) is 66.2 Å². The van der Waals surface area contributed by atoms with Crippen LogP contribution in [-0.4, -0.2) is 22.9 Å². The SMILES string of the molecule is CCN(C(=O)C(C)(C)C)C12CC3CC(CC(C3)C1)C2. The molecule has 0 radical (unpaired) electrons. The van der Waals surface area contributed by atoms with Gasteiger partial charge in [0.2, 0.25) is 5.91 Å². The summed E-state index contributed by atoms with van der Waals surface area (Å²) in [5, 5.41) is 0. The van der Waals surface area contributed by atoms with Crippen LogP contribution in [-0.2, 0) is 4.79 Å². The van der Waals surface area contributed by atoms with Crippen molar-refractivity contribution < 1.29 is 4.79 Å². The van der Waals surface area contributed by atoms with Gasteiger partial charge in [-0.25, -0.2) is 0 Å². The summed E-state index contributed by atoms with van der Waals surface area (Å²) in [4.78, 5) is 15.1. The molecule has 2 heteroatoms. The van der Waals surface area contributed by atoms with Gasteiger partial charge < -0.3 is 4.90 Å². The van der Waals surface area contributed by atoms with Crippen molar-refractivity contribution in [2.75, 3.05) is 6.54 Å². The van der Waals surface area contributed by atoms with Crippen molar-refractivity contribution in [3.05, 3.63) is 0 Å². The van der Waals surface area contributed by atoms with Crippen LogP contribution in [0.15, 0.2) is 0 Å². The highest BCUT2D eigenvalue weighted by Crippen LogP contribution is 2.58. The number of amides is 1. The van der Waals surface area contributed by atoms with E-state index in [2.05, 4.69) is 32.6 Å². The van der Waals surface area contributed by atoms with Crippen LogP contribution in [0, 0.1) is 23.2 Å². The molecule has 0 aromatic heterocycles. The quantitative estimate of drug-likeness (QED) is 0.741. The predicted molar refractivity (Wildman–Crippen MR) is 77.7 cm³/mol. The van der Waals surface area contributed by atoms with Crippen LogP contribution >= 0.6 is 0 Å². The van der Waals surface area contributed by atoms with Crippen LogP contribution in [0.3, 0.4) is 0 Å². The van der Waals surface area contributed by atoms with Crippen molar-refractivity contribution in [2.24, 2.45) is 23.2 Å². The Balaban J connectivity index is 1.89. The molecule has 4 fully saturated rings. The average Bonchev–Trinajstić information content (AvgIpc) is 2.25. The minimum atomic E-state index is -0.237. The van der Waals surface area contributed by atoms with E-state index in [-0.39, 0.29) is 11.0 Å². The Hall–Kier alpha value is -0.530. The van der Waals surface area contributed by atoms with Crippen LogP contribution in [0.4, 0.5) is 0 Å². The summed E-state index contributed by atoms with van der Waals surface area (Å²) in [6.07, 6.45) is 8.19. The zero-order chi connectivity index (χ0) is 13.8. The molecule has 0 N–H and O–H groups in total. The highest BCUT2D eigenvalue weighted by molar-refractivity contribution is 5.82. The van der Waals surface area contributed by atoms with Gasteiger partial charge in [0.25, 0.3) is 0 Å². The Morgan fingerprint density at radius 3 is 1.79 bits per heavy atom. The van der Waals surface area contributed by atoms with Crippen molar-refractivity contribution in [1.29, 1.82) is 0 Å². The molecule has 0 aromatic carbocycles. The number of hydrogen-bond donors (Lipinski definition) is 0. The Bertz CT molecular complexity index is 344. The van der Waals surface area contributed by atoms with Crippen molar-refractivity contribution in [3.8, 4) is 0 Å². The third-order valence-corrected chi connectivity index (χ3v) is 5.78. The zero-order valence-electron chi connectivity index (χ0n) is 13.0. The van der Waals surface area contributed by atoms with E-state index in [1.807, 2.05) is 0 Å². The van der Waals surface area contributed by atoms with E-state index in [9.17, 15) is 4.79 Å². The summed E-state index contributed by atoms with van der Waals surface area (Å²) < 4.78 is 0. The van der Waals surface area contributed by atoms with E-state index < -0.39 is 0 Å². The minimum absolute atomic E-state index is 0.230. The molecule has 0 unspecified atom stereocenters. The van der Waals surface area contributed by atoms with E-state index >= 15 is 0 Å². The van der Waals surface area contributed by atoms with Gasteiger partial charge >= 0.3 is 0 Å². The molecule has 1 amide bonds. The lowest BCUT2D eigenvalue weighted by molar-refractivity contribution is -0.158. The van der Waals surface area contributed by atoms with Crippen LogP contribution in [0.25, 0.3) is 0 Å². The fourth-order valence-corrected chi connectivity index (χ4v) is 5.49. The first kappa shape index (κ1) is 13.5. The van der Waals surface area contributed by atoms with Crippen molar-refractivity contribution in [2.45, 2.75) is 71.8 Å². The number of hydrogen-bond acceptors (Lipinski definition) is 1. The molecular formula is C17H29NO. The lowest BCUT2D eigenvalue weighted by atomic mass is 9.52. The van der Waals surface area contributed by atoms with E-state index in [1.54, 1.807) is 0 Å². The molecule has 4 aliphatic rings. The second-order valence-corrected chi connectivity index (χ2v) is 8.44. The first-order valence-corrected chi connectivity index (χ1v) is 8.16. The average molecular weight is 263 g/mol.